The molecule has 1 saturated heterocycles. The third-order valence-corrected chi connectivity index (χ3v) is 4.81. The second-order valence-corrected chi connectivity index (χ2v) is 6.68. The van der Waals surface area contributed by atoms with E-state index in [4.69, 9.17) is 9.47 Å². The molecule has 1 aliphatic rings. The summed E-state index contributed by atoms with van der Waals surface area (Å²) in [6.45, 7) is 7.52. The van der Waals surface area contributed by atoms with Crippen LogP contribution in [0.3, 0.4) is 0 Å². The molecule has 3 aromatic rings. The second-order valence-electron chi connectivity index (χ2n) is 6.68. The normalized spacial score (nSPS) is 15.1. The number of H-pyrrole nitrogens is 1. The fourth-order valence-corrected chi connectivity index (χ4v) is 3.30. The standard InChI is InChI=1S/C20H25N5O2/c1-16-19(15-22-23-16)25-9-7-21-20(25)17-3-5-18(6-4-17)27-12-2-8-24-10-13-26-14-11-24/h3-7,9,15H,2,8,10-14H2,1H3,(H,22,23). The first-order chi connectivity index (χ1) is 13.3. The summed E-state index contributed by atoms with van der Waals surface area (Å²) in [6, 6.07) is 8.10. The van der Waals surface area contributed by atoms with Crippen molar-refractivity contribution >= 4 is 0 Å². The zero-order chi connectivity index (χ0) is 18.5. The Bertz CT molecular complexity index is 849. The topological polar surface area (TPSA) is 68.2 Å². The van der Waals surface area contributed by atoms with E-state index in [1.807, 2.05) is 48.1 Å². The van der Waals surface area contributed by atoms with Gasteiger partial charge in [0.2, 0.25) is 0 Å². The van der Waals surface area contributed by atoms with Crippen LogP contribution in [0.2, 0.25) is 0 Å². The molecule has 1 aliphatic heterocycles. The number of rotatable bonds is 7. The summed E-state index contributed by atoms with van der Waals surface area (Å²) in [7, 11) is 0. The Morgan fingerprint density at radius 3 is 2.74 bits per heavy atom. The van der Waals surface area contributed by atoms with Gasteiger partial charge in [0.1, 0.15) is 11.6 Å². The van der Waals surface area contributed by atoms with E-state index >= 15 is 0 Å². The summed E-state index contributed by atoms with van der Waals surface area (Å²) in [5, 5.41) is 7.07. The van der Waals surface area contributed by atoms with Crippen LogP contribution in [0.25, 0.3) is 17.1 Å². The summed E-state index contributed by atoms with van der Waals surface area (Å²) in [5.74, 6) is 1.77. The maximum Gasteiger partial charge on any atom is 0.144 e. The minimum Gasteiger partial charge on any atom is -0.494 e. The average Bonchev–Trinajstić information content (AvgIpc) is 3.35. The zero-order valence-corrected chi connectivity index (χ0v) is 15.6. The predicted octanol–water partition coefficient (Wildman–Crippen LogP) is 2.67. The molecule has 0 amide bonds. The smallest absolute Gasteiger partial charge is 0.144 e. The lowest BCUT2D eigenvalue weighted by Crippen LogP contribution is -2.37. The number of aromatic amines is 1. The van der Waals surface area contributed by atoms with Crippen molar-refractivity contribution in [1.29, 1.82) is 0 Å². The van der Waals surface area contributed by atoms with Gasteiger partial charge in [0.15, 0.2) is 0 Å². The number of aromatic nitrogens is 4. The molecule has 27 heavy (non-hydrogen) atoms. The molecule has 2 aromatic heterocycles. The number of nitrogens with one attached hydrogen (secondary N) is 1. The number of nitrogens with zero attached hydrogens (tertiary/aromatic N) is 4. The molecule has 0 aliphatic carbocycles. The van der Waals surface area contributed by atoms with Gasteiger partial charge in [-0.15, -0.1) is 0 Å². The lowest BCUT2D eigenvalue weighted by Gasteiger charge is -2.26. The Hall–Kier alpha value is -2.64. The average molecular weight is 367 g/mol. The molecule has 0 bridgehead atoms. The SMILES string of the molecule is Cc1[nH]ncc1-n1ccnc1-c1ccc(OCCCN2CCOCC2)cc1. The summed E-state index contributed by atoms with van der Waals surface area (Å²) < 4.78 is 13.3. The highest BCUT2D eigenvalue weighted by atomic mass is 16.5. The van der Waals surface area contributed by atoms with Gasteiger partial charge in [-0.2, -0.15) is 5.10 Å². The number of benzene rings is 1. The first kappa shape index (κ1) is 17.8. The Morgan fingerprint density at radius 2 is 2.00 bits per heavy atom. The Kier molecular flexibility index (Phi) is 5.50. The van der Waals surface area contributed by atoms with Gasteiger partial charge in [-0.3, -0.25) is 14.6 Å². The minimum absolute atomic E-state index is 0.722. The van der Waals surface area contributed by atoms with Crippen LogP contribution in [0.15, 0.2) is 42.9 Å². The number of imidazole rings is 1. The van der Waals surface area contributed by atoms with E-state index < -0.39 is 0 Å². The lowest BCUT2D eigenvalue weighted by atomic mass is 10.2. The fourth-order valence-electron chi connectivity index (χ4n) is 3.30. The van der Waals surface area contributed by atoms with Crippen molar-refractivity contribution in [3.63, 3.8) is 0 Å². The monoisotopic (exact) mass is 367 g/mol. The van der Waals surface area contributed by atoms with Crippen LogP contribution in [0, 0.1) is 6.92 Å². The van der Waals surface area contributed by atoms with E-state index in [1.165, 1.54) is 0 Å². The van der Waals surface area contributed by atoms with Crippen LogP contribution in [0.1, 0.15) is 12.1 Å². The number of ether oxygens (including phenoxy) is 2. The van der Waals surface area contributed by atoms with Crippen molar-refractivity contribution in [1.82, 2.24) is 24.6 Å². The third kappa shape index (κ3) is 4.20. The summed E-state index contributed by atoms with van der Waals surface area (Å²) in [4.78, 5) is 6.93. The maximum absolute atomic E-state index is 5.89. The molecular weight excluding hydrogens is 342 g/mol. The molecule has 0 spiro atoms. The van der Waals surface area contributed by atoms with Gasteiger partial charge in [0, 0.05) is 37.6 Å². The minimum atomic E-state index is 0.722. The number of hydrogen-bond acceptors (Lipinski definition) is 5. The van der Waals surface area contributed by atoms with Gasteiger partial charge in [-0.25, -0.2) is 4.98 Å². The van der Waals surface area contributed by atoms with E-state index in [2.05, 4.69) is 20.1 Å². The summed E-state index contributed by atoms with van der Waals surface area (Å²) in [5.41, 5.74) is 3.06. The van der Waals surface area contributed by atoms with Gasteiger partial charge >= 0.3 is 0 Å². The molecule has 4 rings (SSSR count). The van der Waals surface area contributed by atoms with Crippen molar-refractivity contribution in [3.8, 4) is 22.8 Å². The van der Waals surface area contributed by atoms with E-state index in [1.54, 1.807) is 6.20 Å². The first-order valence-electron chi connectivity index (χ1n) is 9.38. The van der Waals surface area contributed by atoms with Gasteiger partial charge in [0.05, 0.1) is 37.4 Å². The van der Waals surface area contributed by atoms with Crippen molar-refractivity contribution in [2.45, 2.75) is 13.3 Å². The van der Waals surface area contributed by atoms with Crippen LogP contribution in [-0.4, -0.2) is 64.1 Å². The van der Waals surface area contributed by atoms with Crippen molar-refractivity contribution in [3.05, 3.63) is 48.5 Å². The quantitative estimate of drug-likeness (QED) is 0.650. The zero-order valence-electron chi connectivity index (χ0n) is 15.6. The largest absolute Gasteiger partial charge is 0.494 e. The van der Waals surface area contributed by atoms with Gasteiger partial charge < -0.3 is 9.47 Å². The molecular formula is C20H25N5O2. The lowest BCUT2D eigenvalue weighted by molar-refractivity contribution is 0.0358. The van der Waals surface area contributed by atoms with Crippen LogP contribution in [0.4, 0.5) is 0 Å². The molecule has 7 nitrogen and oxygen atoms in total. The summed E-state index contributed by atoms with van der Waals surface area (Å²) >= 11 is 0. The van der Waals surface area contributed by atoms with Crippen LogP contribution in [0.5, 0.6) is 5.75 Å². The Balaban J connectivity index is 1.34. The van der Waals surface area contributed by atoms with Crippen LogP contribution in [-0.2, 0) is 4.74 Å². The van der Waals surface area contributed by atoms with Crippen molar-refractivity contribution < 1.29 is 9.47 Å². The maximum atomic E-state index is 5.89. The molecule has 1 N–H and O–H groups in total. The highest BCUT2D eigenvalue weighted by Crippen LogP contribution is 2.24. The number of hydrogen-bond donors (Lipinski definition) is 1. The molecule has 0 radical (unpaired) electrons. The van der Waals surface area contributed by atoms with E-state index in [0.717, 1.165) is 74.4 Å². The molecule has 142 valence electrons. The van der Waals surface area contributed by atoms with E-state index in [9.17, 15) is 0 Å². The Morgan fingerprint density at radius 1 is 1.19 bits per heavy atom. The van der Waals surface area contributed by atoms with Crippen LogP contribution >= 0.6 is 0 Å². The highest BCUT2D eigenvalue weighted by molar-refractivity contribution is 5.60. The van der Waals surface area contributed by atoms with Crippen LogP contribution < -0.4 is 4.74 Å². The van der Waals surface area contributed by atoms with E-state index in [-0.39, 0.29) is 0 Å². The van der Waals surface area contributed by atoms with Crippen molar-refractivity contribution in [2.75, 3.05) is 39.5 Å². The van der Waals surface area contributed by atoms with Crippen molar-refractivity contribution in [2.24, 2.45) is 0 Å². The van der Waals surface area contributed by atoms with Gasteiger partial charge in [0.25, 0.3) is 0 Å². The molecule has 1 aromatic carbocycles. The van der Waals surface area contributed by atoms with Gasteiger partial charge in [-0.1, -0.05) is 0 Å². The third-order valence-electron chi connectivity index (χ3n) is 4.81. The first-order valence-corrected chi connectivity index (χ1v) is 9.38. The predicted molar refractivity (Wildman–Crippen MR) is 103 cm³/mol. The molecule has 1 fully saturated rings. The molecule has 0 unspecified atom stereocenters. The molecule has 0 atom stereocenters. The number of morpholine rings is 1. The Labute approximate surface area is 158 Å². The summed E-state index contributed by atoms with van der Waals surface area (Å²) in [6.07, 6.45) is 6.58. The second kappa shape index (κ2) is 8.37. The molecule has 0 saturated carbocycles. The molecule has 7 heteroatoms. The van der Waals surface area contributed by atoms with E-state index in [0.29, 0.717) is 0 Å². The molecule has 3 heterocycles. The highest BCUT2D eigenvalue weighted by Gasteiger charge is 2.11. The number of aryl methyl sites for hydroxylation is 1. The fraction of sp³-hybridized carbons (Fsp3) is 0.400. The van der Waals surface area contributed by atoms with Gasteiger partial charge in [-0.05, 0) is 37.6 Å².